The Morgan fingerprint density at radius 3 is 2.12 bits per heavy atom. The smallest absolute Gasteiger partial charge is 0.184 e. The van der Waals surface area contributed by atoms with Crippen LogP contribution in [0.15, 0.2) is 0 Å². The van der Waals surface area contributed by atoms with E-state index in [1.807, 2.05) is 0 Å². The second-order valence-corrected chi connectivity index (χ2v) is 10.0. The van der Waals surface area contributed by atoms with Crippen molar-refractivity contribution in [3.8, 4) is 0 Å². The lowest BCUT2D eigenvalue weighted by molar-refractivity contribution is 0.165. The van der Waals surface area contributed by atoms with E-state index in [-0.39, 0.29) is 0 Å². The van der Waals surface area contributed by atoms with Crippen LogP contribution >= 0.6 is 0 Å². The number of unbranched alkanes of at least 4 members (excludes halogenated alkanes) is 3. The van der Waals surface area contributed by atoms with Gasteiger partial charge in [-0.2, -0.15) is 0 Å². The van der Waals surface area contributed by atoms with Gasteiger partial charge in [-0.1, -0.05) is 32.6 Å². The normalized spacial score (nSPS) is 14.1. The number of aliphatic hydroxyl groups excluding tert-OH is 1. The monoisotopic (exact) mass is 246 g/mol. The molecule has 1 atom stereocenters. The molecular formula is C13H30O2Si. The van der Waals surface area contributed by atoms with Gasteiger partial charge < -0.3 is 9.53 Å². The molecule has 0 aromatic carbocycles. The van der Waals surface area contributed by atoms with Crippen molar-refractivity contribution in [2.24, 2.45) is 0 Å². The minimum absolute atomic E-state index is 0.328. The van der Waals surface area contributed by atoms with Gasteiger partial charge in [0.05, 0.1) is 0 Å². The fraction of sp³-hybridized carbons (Fsp3) is 1.00. The first-order valence-electron chi connectivity index (χ1n) is 6.78. The molecule has 0 aliphatic heterocycles. The average Bonchev–Trinajstić information content (AvgIpc) is 2.18. The van der Waals surface area contributed by atoms with Crippen LogP contribution in [0, 0.1) is 0 Å². The highest BCUT2D eigenvalue weighted by Crippen LogP contribution is 2.18. The summed E-state index contributed by atoms with van der Waals surface area (Å²) in [6.07, 6.45) is 8.63. The van der Waals surface area contributed by atoms with Gasteiger partial charge in [0.15, 0.2) is 8.32 Å². The van der Waals surface area contributed by atoms with E-state index in [2.05, 4.69) is 26.6 Å². The zero-order valence-corrected chi connectivity index (χ0v) is 12.6. The second kappa shape index (κ2) is 9.20. The lowest BCUT2D eigenvalue weighted by Crippen LogP contribution is -2.32. The van der Waals surface area contributed by atoms with Gasteiger partial charge in [0.25, 0.3) is 0 Å². The van der Waals surface area contributed by atoms with Gasteiger partial charge in [0.2, 0.25) is 0 Å². The summed E-state index contributed by atoms with van der Waals surface area (Å²) in [6, 6.07) is 0. The Hall–Kier alpha value is 0.137. The summed E-state index contributed by atoms with van der Waals surface area (Å²) in [5.74, 6) is 0. The SMILES string of the molecule is CCCCC(CCCCCO)O[Si](C)(C)C. The van der Waals surface area contributed by atoms with Gasteiger partial charge >= 0.3 is 0 Å². The summed E-state index contributed by atoms with van der Waals surface area (Å²) < 4.78 is 6.20. The summed E-state index contributed by atoms with van der Waals surface area (Å²) in [7, 11) is -1.39. The van der Waals surface area contributed by atoms with Crippen LogP contribution < -0.4 is 0 Å². The van der Waals surface area contributed by atoms with E-state index >= 15 is 0 Å². The molecular weight excluding hydrogens is 216 g/mol. The van der Waals surface area contributed by atoms with Crippen molar-refractivity contribution < 1.29 is 9.53 Å². The standard InChI is InChI=1S/C13H30O2Si/c1-5-6-10-13(15-16(2,3)4)11-8-7-9-12-14/h13-14H,5-12H2,1-4H3. The van der Waals surface area contributed by atoms with Crippen molar-refractivity contribution >= 4 is 8.32 Å². The molecule has 0 radical (unpaired) electrons. The Morgan fingerprint density at radius 2 is 1.62 bits per heavy atom. The van der Waals surface area contributed by atoms with Crippen molar-refractivity contribution in [1.82, 2.24) is 0 Å². The van der Waals surface area contributed by atoms with Crippen LogP contribution in [0.3, 0.4) is 0 Å². The van der Waals surface area contributed by atoms with E-state index in [0.29, 0.717) is 12.7 Å². The minimum atomic E-state index is -1.39. The molecule has 0 heterocycles. The molecule has 3 heteroatoms. The van der Waals surface area contributed by atoms with Gasteiger partial charge in [0.1, 0.15) is 0 Å². The molecule has 0 saturated heterocycles. The molecule has 16 heavy (non-hydrogen) atoms. The zero-order valence-electron chi connectivity index (χ0n) is 11.6. The third-order valence-electron chi connectivity index (χ3n) is 2.58. The number of rotatable bonds is 10. The molecule has 0 aromatic heterocycles. The summed E-state index contributed by atoms with van der Waals surface area (Å²) in [4.78, 5) is 0. The third-order valence-corrected chi connectivity index (χ3v) is 3.62. The van der Waals surface area contributed by atoms with Gasteiger partial charge in [-0.05, 0) is 38.9 Å². The number of aliphatic hydroxyl groups is 1. The molecule has 0 aliphatic carbocycles. The van der Waals surface area contributed by atoms with Gasteiger partial charge in [-0.25, -0.2) is 0 Å². The maximum absolute atomic E-state index is 8.73. The molecule has 0 aromatic rings. The van der Waals surface area contributed by atoms with Crippen LogP contribution in [-0.2, 0) is 4.43 Å². The molecule has 2 nitrogen and oxygen atoms in total. The molecule has 0 aliphatic rings. The van der Waals surface area contributed by atoms with Gasteiger partial charge in [-0.15, -0.1) is 0 Å². The van der Waals surface area contributed by atoms with Crippen LogP contribution in [-0.4, -0.2) is 26.1 Å². The highest BCUT2D eigenvalue weighted by Gasteiger charge is 2.20. The summed E-state index contributed by atoms with van der Waals surface area (Å²) in [5, 5.41) is 8.73. The van der Waals surface area contributed by atoms with Crippen molar-refractivity contribution in [1.29, 1.82) is 0 Å². The van der Waals surface area contributed by atoms with E-state index in [4.69, 9.17) is 9.53 Å². The maximum atomic E-state index is 8.73. The summed E-state index contributed by atoms with van der Waals surface area (Å²) >= 11 is 0. The van der Waals surface area contributed by atoms with Crippen molar-refractivity contribution in [2.75, 3.05) is 6.61 Å². The van der Waals surface area contributed by atoms with Crippen LogP contribution in [0.2, 0.25) is 19.6 Å². The Bertz CT molecular complexity index is 155. The fourth-order valence-corrected chi connectivity index (χ4v) is 3.09. The lowest BCUT2D eigenvalue weighted by Gasteiger charge is -2.26. The molecule has 0 bridgehead atoms. The maximum Gasteiger partial charge on any atom is 0.184 e. The van der Waals surface area contributed by atoms with Crippen molar-refractivity contribution in [2.45, 2.75) is 77.6 Å². The van der Waals surface area contributed by atoms with Gasteiger partial charge in [-0.3, -0.25) is 0 Å². The predicted molar refractivity (Wildman–Crippen MR) is 73.3 cm³/mol. The Labute approximate surface area is 103 Å². The molecule has 0 spiro atoms. The number of hydrogen-bond acceptors (Lipinski definition) is 2. The van der Waals surface area contributed by atoms with Crippen molar-refractivity contribution in [3.63, 3.8) is 0 Å². The number of hydrogen-bond donors (Lipinski definition) is 1. The zero-order chi connectivity index (χ0) is 12.4. The minimum Gasteiger partial charge on any atom is -0.415 e. The first-order chi connectivity index (χ1) is 7.49. The molecule has 98 valence electrons. The Kier molecular flexibility index (Phi) is 9.28. The Balaban J connectivity index is 3.81. The third kappa shape index (κ3) is 10.6. The van der Waals surface area contributed by atoms with E-state index < -0.39 is 8.32 Å². The van der Waals surface area contributed by atoms with Crippen LogP contribution in [0.4, 0.5) is 0 Å². The van der Waals surface area contributed by atoms with E-state index in [1.165, 1.54) is 32.1 Å². The van der Waals surface area contributed by atoms with Crippen LogP contribution in [0.1, 0.15) is 51.9 Å². The molecule has 0 amide bonds. The van der Waals surface area contributed by atoms with Crippen molar-refractivity contribution in [3.05, 3.63) is 0 Å². The fourth-order valence-electron chi connectivity index (χ4n) is 1.85. The molecule has 1 N–H and O–H groups in total. The second-order valence-electron chi connectivity index (χ2n) is 5.57. The summed E-state index contributed by atoms with van der Waals surface area (Å²) in [5.41, 5.74) is 0. The largest absolute Gasteiger partial charge is 0.415 e. The van der Waals surface area contributed by atoms with Crippen LogP contribution in [0.25, 0.3) is 0 Å². The van der Waals surface area contributed by atoms with E-state index in [1.54, 1.807) is 0 Å². The quantitative estimate of drug-likeness (QED) is 0.467. The predicted octanol–water partition coefficient (Wildman–Crippen LogP) is 3.95. The van der Waals surface area contributed by atoms with Gasteiger partial charge in [0, 0.05) is 12.7 Å². The highest BCUT2D eigenvalue weighted by molar-refractivity contribution is 6.69. The lowest BCUT2D eigenvalue weighted by atomic mass is 10.1. The molecule has 0 fully saturated rings. The Morgan fingerprint density at radius 1 is 1.00 bits per heavy atom. The molecule has 0 rings (SSSR count). The summed E-state index contributed by atoms with van der Waals surface area (Å²) in [6.45, 7) is 9.35. The topological polar surface area (TPSA) is 29.5 Å². The first kappa shape index (κ1) is 16.1. The van der Waals surface area contributed by atoms with E-state index in [9.17, 15) is 0 Å². The first-order valence-corrected chi connectivity index (χ1v) is 10.2. The molecule has 0 saturated carbocycles. The van der Waals surface area contributed by atoms with E-state index in [0.717, 1.165) is 12.8 Å². The highest BCUT2D eigenvalue weighted by atomic mass is 28.4. The molecule has 1 unspecified atom stereocenters. The van der Waals surface area contributed by atoms with Crippen LogP contribution in [0.5, 0.6) is 0 Å². The average molecular weight is 246 g/mol.